The summed E-state index contributed by atoms with van der Waals surface area (Å²) in [5, 5.41) is 4.12. The van der Waals surface area contributed by atoms with E-state index in [1.54, 1.807) is 24.3 Å². The number of likely N-dealkylation sites (tertiary alicyclic amines) is 2. The number of para-hydroxylation sites is 1. The largest absolute Gasteiger partial charge is 0.380 e. The number of hydrogen-bond acceptors (Lipinski definition) is 3. The van der Waals surface area contributed by atoms with Gasteiger partial charge in [0, 0.05) is 48.5 Å². The molecule has 2 fully saturated rings. The lowest BCUT2D eigenvalue weighted by Gasteiger charge is -2.34. The van der Waals surface area contributed by atoms with Gasteiger partial charge in [0.1, 0.15) is 0 Å². The summed E-state index contributed by atoms with van der Waals surface area (Å²) in [6, 6.07) is 17.3. The molecule has 152 valence electrons. The zero-order valence-electron chi connectivity index (χ0n) is 16.4. The van der Waals surface area contributed by atoms with E-state index < -0.39 is 0 Å². The quantitative estimate of drug-likeness (QED) is 0.830. The Morgan fingerprint density at radius 3 is 2.41 bits per heavy atom. The SMILES string of the molecule is O=C(c1ccc(Cl)cc1)N1CCCC(C(=O)N2CCC(Nc3ccccc3)C2)C1. The summed E-state index contributed by atoms with van der Waals surface area (Å²) in [5.74, 6) is 0.0376. The molecule has 5 nitrogen and oxygen atoms in total. The summed E-state index contributed by atoms with van der Waals surface area (Å²) in [6.07, 6.45) is 2.65. The van der Waals surface area contributed by atoms with Crippen molar-refractivity contribution in [1.29, 1.82) is 0 Å². The van der Waals surface area contributed by atoms with Crippen LogP contribution in [0.25, 0.3) is 0 Å². The number of benzene rings is 2. The highest BCUT2D eigenvalue weighted by molar-refractivity contribution is 6.30. The fourth-order valence-corrected chi connectivity index (χ4v) is 4.37. The fraction of sp³-hybridized carbons (Fsp3) is 0.391. The molecule has 2 aliphatic heterocycles. The highest BCUT2D eigenvalue weighted by atomic mass is 35.5. The first kappa shape index (κ1) is 19.8. The van der Waals surface area contributed by atoms with Crippen molar-refractivity contribution >= 4 is 29.1 Å². The van der Waals surface area contributed by atoms with Gasteiger partial charge in [0.2, 0.25) is 5.91 Å². The zero-order chi connectivity index (χ0) is 20.2. The van der Waals surface area contributed by atoms with E-state index in [1.165, 1.54) is 0 Å². The molecule has 0 bridgehead atoms. The Balaban J connectivity index is 1.34. The molecule has 2 aromatic rings. The summed E-state index contributed by atoms with van der Waals surface area (Å²) in [7, 11) is 0. The standard InChI is InChI=1S/C23H26ClN3O2/c24-19-10-8-17(9-11-19)22(28)26-13-4-5-18(15-26)23(29)27-14-12-21(16-27)25-20-6-2-1-3-7-20/h1-3,6-11,18,21,25H,4-5,12-16H2. The number of hydrogen-bond donors (Lipinski definition) is 1. The molecule has 29 heavy (non-hydrogen) atoms. The van der Waals surface area contributed by atoms with Crippen molar-refractivity contribution in [1.82, 2.24) is 9.80 Å². The molecular weight excluding hydrogens is 386 g/mol. The van der Waals surface area contributed by atoms with Crippen LogP contribution in [-0.4, -0.2) is 53.8 Å². The van der Waals surface area contributed by atoms with E-state index in [4.69, 9.17) is 11.6 Å². The van der Waals surface area contributed by atoms with E-state index in [9.17, 15) is 9.59 Å². The number of halogens is 1. The number of piperidine rings is 1. The molecule has 2 aliphatic rings. The van der Waals surface area contributed by atoms with Gasteiger partial charge in [-0.3, -0.25) is 9.59 Å². The van der Waals surface area contributed by atoms with Crippen molar-refractivity contribution in [2.45, 2.75) is 25.3 Å². The van der Waals surface area contributed by atoms with Gasteiger partial charge in [0.25, 0.3) is 5.91 Å². The van der Waals surface area contributed by atoms with Crippen LogP contribution in [0.15, 0.2) is 54.6 Å². The van der Waals surface area contributed by atoms with Gasteiger partial charge in [0.05, 0.1) is 5.92 Å². The van der Waals surface area contributed by atoms with Gasteiger partial charge in [-0.25, -0.2) is 0 Å². The first-order valence-corrected chi connectivity index (χ1v) is 10.6. The molecule has 0 aliphatic carbocycles. The molecule has 0 aromatic heterocycles. The highest BCUT2D eigenvalue weighted by Crippen LogP contribution is 2.24. The number of amides is 2. The van der Waals surface area contributed by atoms with Crippen LogP contribution < -0.4 is 5.32 Å². The van der Waals surface area contributed by atoms with E-state index in [0.717, 1.165) is 38.0 Å². The van der Waals surface area contributed by atoms with Crippen molar-refractivity contribution in [2.75, 3.05) is 31.5 Å². The summed E-state index contributed by atoms with van der Waals surface area (Å²) in [5.41, 5.74) is 1.71. The number of nitrogens with one attached hydrogen (secondary N) is 1. The lowest BCUT2D eigenvalue weighted by Crippen LogP contribution is -2.46. The Kier molecular flexibility index (Phi) is 6.05. The maximum absolute atomic E-state index is 13.1. The van der Waals surface area contributed by atoms with Crippen molar-refractivity contribution in [3.8, 4) is 0 Å². The first-order chi connectivity index (χ1) is 14.1. The molecule has 2 atom stereocenters. The second-order valence-electron chi connectivity index (χ2n) is 7.88. The minimum absolute atomic E-state index is 0.0239. The fourth-order valence-electron chi connectivity index (χ4n) is 4.24. The normalized spacial score (nSPS) is 21.8. The Bertz CT molecular complexity index is 856. The third kappa shape index (κ3) is 4.73. The predicted molar refractivity (Wildman–Crippen MR) is 115 cm³/mol. The first-order valence-electron chi connectivity index (χ1n) is 10.3. The van der Waals surface area contributed by atoms with Gasteiger partial charge in [-0.1, -0.05) is 29.8 Å². The van der Waals surface area contributed by atoms with Crippen LogP contribution in [0.4, 0.5) is 5.69 Å². The predicted octanol–water partition coefficient (Wildman–Crippen LogP) is 3.91. The van der Waals surface area contributed by atoms with E-state index in [1.807, 2.05) is 40.1 Å². The molecule has 2 heterocycles. The molecule has 6 heteroatoms. The summed E-state index contributed by atoms with van der Waals surface area (Å²) < 4.78 is 0. The van der Waals surface area contributed by atoms with Crippen LogP contribution in [0.1, 0.15) is 29.6 Å². The lowest BCUT2D eigenvalue weighted by molar-refractivity contribution is -0.135. The van der Waals surface area contributed by atoms with Crippen molar-refractivity contribution in [3.05, 3.63) is 65.2 Å². The van der Waals surface area contributed by atoms with E-state index in [2.05, 4.69) is 5.32 Å². The Morgan fingerprint density at radius 2 is 1.66 bits per heavy atom. The second-order valence-corrected chi connectivity index (χ2v) is 8.31. The van der Waals surface area contributed by atoms with Crippen LogP contribution in [0.2, 0.25) is 5.02 Å². The maximum atomic E-state index is 13.1. The topological polar surface area (TPSA) is 52.7 Å². The summed E-state index contributed by atoms with van der Waals surface area (Å²) >= 11 is 5.92. The number of nitrogens with zero attached hydrogens (tertiary/aromatic N) is 2. The lowest BCUT2D eigenvalue weighted by atomic mass is 9.96. The third-order valence-electron chi connectivity index (χ3n) is 5.79. The van der Waals surface area contributed by atoms with Gasteiger partial charge in [-0.05, 0) is 55.7 Å². The Morgan fingerprint density at radius 1 is 0.897 bits per heavy atom. The van der Waals surface area contributed by atoms with E-state index in [-0.39, 0.29) is 23.8 Å². The summed E-state index contributed by atoms with van der Waals surface area (Å²) in [4.78, 5) is 29.7. The maximum Gasteiger partial charge on any atom is 0.253 e. The van der Waals surface area contributed by atoms with Gasteiger partial charge >= 0.3 is 0 Å². The summed E-state index contributed by atoms with van der Waals surface area (Å²) in [6.45, 7) is 2.68. The highest BCUT2D eigenvalue weighted by Gasteiger charge is 2.34. The van der Waals surface area contributed by atoms with Gasteiger partial charge in [-0.2, -0.15) is 0 Å². The molecule has 0 spiro atoms. The third-order valence-corrected chi connectivity index (χ3v) is 6.05. The number of rotatable bonds is 4. The average molecular weight is 412 g/mol. The van der Waals surface area contributed by atoms with E-state index in [0.29, 0.717) is 23.7 Å². The molecule has 2 unspecified atom stereocenters. The monoisotopic (exact) mass is 411 g/mol. The molecule has 4 rings (SSSR count). The Labute approximate surface area is 176 Å². The molecule has 0 saturated carbocycles. The molecule has 2 aromatic carbocycles. The van der Waals surface area contributed by atoms with Crippen molar-refractivity contribution < 1.29 is 9.59 Å². The Hall–Kier alpha value is -2.53. The number of carbonyl (C=O) groups is 2. The minimum Gasteiger partial charge on any atom is -0.380 e. The van der Waals surface area contributed by atoms with Crippen LogP contribution in [0.5, 0.6) is 0 Å². The average Bonchev–Trinajstić information content (AvgIpc) is 3.22. The van der Waals surface area contributed by atoms with Gasteiger partial charge in [-0.15, -0.1) is 0 Å². The molecule has 2 saturated heterocycles. The van der Waals surface area contributed by atoms with Crippen molar-refractivity contribution in [3.63, 3.8) is 0 Å². The number of carbonyl (C=O) groups excluding carboxylic acids is 2. The molecule has 2 amide bonds. The molecule has 0 radical (unpaired) electrons. The van der Waals surface area contributed by atoms with E-state index >= 15 is 0 Å². The second kappa shape index (κ2) is 8.87. The van der Waals surface area contributed by atoms with Crippen LogP contribution in [-0.2, 0) is 4.79 Å². The molecule has 1 N–H and O–H groups in total. The zero-order valence-corrected chi connectivity index (χ0v) is 17.1. The van der Waals surface area contributed by atoms with Crippen LogP contribution in [0.3, 0.4) is 0 Å². The van der Waals surface area contributed by atoms with Gasteiger partial charge < -0.3 is 15.1 Å². The molecular formula is C23H26ClN3O2. The minimum atomic E-state index is -0.115. The van der Waals surface area contributed by atoms with Gasteiger partial charge in [0.15, 0.2) is 0 Å². The van der Waals surface area contributed by atoms with Crippen LogP contribution >= 0.6 is 11.6 Å². The van der Waals surface area contributed by atoms with Crippen LogP contribution in [0, 0.1) is 5.92 Å². The number of anilines is 1. The smallest absolute Gasteiger partial charge is 0.253 e. The van der Waals surface area contributed by atoms with Crippen molar-refractivity contribution in [2.24, 2.45) is 5.92 Å².